The van der Waals surface area contributed by atoms with Gasteiger partial charge in [0.2, 0.25) is 0 Å². The van der Waals surface area contributed by atoms with Crippen LogP contribution in [-0.4, -0.2) is 24.9 Å². The first-order valence-corrected chi connectivity index (χ1v) is 7.14. The Labute approximate surface area is 134 Å². The van der Waals surface area contributed by atoms with E-state index in [1.807, 2.05) is 32.0 Å². The molecule has 2 aromatic carbocycles. The van der Waals surface area contributed by atoms with Gasteiger partial charge in [-0.15, -0.1) is 0 Å². The van der Waals surface area contributed by atoms with Crippen molar-refractivity contribution in [1.82, 2.24) is 0 Å². The first kappa shape index (κ1) is 16.5. The predicted octanol–water partition coefficient (Wildman–Crippen LogP) is 3.53. The van der Waals surface area contributed by atoms with E-state index in [4.69, 9.17) is 0 Å². The normalized spacial score (nSPS) is 10.3. The molecule has 2 rings (SSSR count). The minimum atomic E-state index is -0.484. The van der Waals surface area contributed by atoms with E-state index >= 15 is 0 Å². The number of carbonyl (C=O) groups excluding carboxylic acids is 1. The van der Waals surface area contributed by atoms with Gasteiger partial charge in [-0.05, 0) is 49.2 Å². The zero-order chi connectivity index (χ0) is 17.1. The third-order valence-electron chi connectivity index (χ3n) is 3.68. The van der Waals surface area contributed by atoms with Crippen molar-refractivity contribution in [3.8, 4) is 0 Å². The summed E-state index contributed by atoms with van der Waals surface area (Å²) < 4.78 is 0. The molecule has 0 aromatic heterocycles. The number of carbonyl (C=O) groups is 1. The molecule has 1 N–H and O–H groups in total. The number of rotatable bonds is 4. The van der Waals surface area contributed by atoms with Crippen LogP contribution in [0.5, 0.6) is 0 Å². The number of nitrogens with one attached hydrogen (secondary N) is 1. The fourth-order valence-corrected chi connectivity index (χ4v) is 2.21. The van der Waals surface area contributed by atoms with Gasteiger partial charge < -0.3 is 10.2 Å². The van der Waals surface area contributed by atoms with Crippen LogP contribution in [0.3, 0.4) is 0 Å². The molecule has 0 aliphatic carbocycles. The van der Waals surface area contributed by atoms with Gasteiger partial charge >= 0.3 is 0 Å². The molecule has 2 aromatic rings. The van der Waals surface area contributed by atoms with E-state index in [0.29, 0.717) is 11.4 Å². The van der Waals surface area contributed by atoms with Gasteiger partial charge in [0.25, 0.3) is 11.6 Å². The summed E-state index contributed by atoms with van der Waals surface area (Å²) in [5.74, 6) is -0.373. The van der Waals surface area contributed by atoms with Gasteiger partial charge in [0, 0.05) is 31.4 Å². The Hall–Kier alpha value is -2.89. The summed E-state index contributed by atoms with van der Waals surface area (Å²) in [6, 6.07) is 10.1. The van der Waals surface area contributed by atoms with Crippen molar-refractivity contribution in [2.24, 2.45) is 0 Å². The highest BCUT2D eigenvalue weighted by atomic mass is 16.6. The van der Waals surface area contributed by atoms with Crippen LogP contribution in [0, 0.1) is 24.0 Å². The number of nitrogens with zero attached hydrogens (tertiary/aromatic N) is 2. The lowest BCUT2D eigenvalue weighted by atomic mass is 10.1. The number of nitro benzene ring substituents is 1. The monoisotopic (exact) mass is 313 g/mol. The van der Waals surface area contributed by atoms with Crippen LogP contribution in [0.4, 0.5) is 17.1 Å². The van der Waals surface area contributed by atoms with Crippen LogP contribution in [-0.2, 0) is 0 Å². The third kappa shape index (κ3) is 3.66. The molecular weight excluding hydrogens is 294 g/mol. The number of nitro groups is 1. The summed E-state index contributed by atoms with van der Waals surface area (Å²) in [7, 11) is 3.44. The zero-order valence-electron chi connectivity index (χ0n) is 13.6. The van der Waals surface area contributed by atoms with Crippen molar-refractivity contribution in [3.05, 3.63) is 63.2 Å². The molecule has 0 atom stereocenters. The van der Waals surface area contributed by atoms with Crippen molar-refractivity contribution in [2.75, 3.05) is 24.3 Å². The van der Waals surface area contributed by atoms with Gasteiger partial charge in [-0.25, -0.2) is 0 Å². The Balaban J connectivity index is 2.30. The highest BCUT2D eigenvalue weighted by molar-refractivity contribution is 6.05. The average Bonchev–Trinajstić information content (AvgIpc) is 2.50. The number of aryl methyl sites for hydroxylation is 2. The molecule has 0 saturated heterocycles. The Kier molecular flexibility index (Phi) is 4.64. The largest absolute Gasteiger partial charge is 0.372 e. The predicted molar refractivity (Wildman–Crippen MR) is 91.3 cm³/mol. The van der Waals surface area contributed by atoms with E-state index in [1.54, 1.807) is 31.1 Å². The van der Waals surface area contributed by atoms with Crippen LogP contribution >= 0.6 is 0 Å². The molecule has 0 saturated carbocycles. The second-order valence-electron chi connectivity index (χ2n) is 5.61. The van der Waals surface area contributed by atoms with Crippen molar-refractivity contribution < 1.29 is 9.72 Å². The third-order valence-corrected chi connectivity index (χ3v) is 3.68. The van der Waals surface area contributed by atoms with Gasteiger partial charge in [0.1, 0.15) is 5.69 Å². The molecule has 0 bridgehead atoms. The van der Waals surface area contributed by atoms with Gasteiger partial charge in [0.05, 0.1) is 4.92 Å². The lowest BCUT2D eigenvalue weighted by Crippen LogP contribution is -2.15. The summed E-state index contributed by atoms with van der Waals surface area (Å²) in [4.78, 5) is 24.7. The molecule has 0 aliphatic rings. The molecule has 6 heteroatoms. The van der Waals surface area contributed by atoms with Gasteiger partial charge in [-0.2, -0.15) is 0 Å². The molecule has 120 valence electrons. The Morgan fingerprint density at radius 1 is 1.09 bits per heavy atom. The lowest BCUT2D eigenvalue weighted by molar-refractivity contribution is -0.384. The van der Waals surface area contributed by atoms with Crippen molar-refractivity contribution in [1.29, 1.82) is 0 Å². The second-order valence-corrected chi connectivity index (χ2v) is 5.61. The van der Waals surface area contributed by atoms with E-state index < -0.39 is 4.92 Å². The summed E-state index contributed by atoms with van der Waals surface area (Å²) in [5.41, 5.74) is 3.48. The molecule has 1 amide bonds. The number of amides is 1. The number of hydrogen-bond donors (Lipinski definition) is 1. The van der Waals surface area contributed by atoms with E-state index in [1.165, 1.54) is 6.07 Å². The highest BCUT2D eigenvalue weighted by Gasteiger charge is 2.19. The summed E-state index contributed by atoms with van der Waals surface area (Å²) in [6.07, 6.45) is 0. The van der Waals surface area contributed by atoms with Crippen molar-refractivity contribution >= 4 is 23.0 Å². The van der Waals surface area contributed by atoms with Crippen LogP contribution < -0.4 is 10.2 Å². The Morgan fingerprint density at radius 3 is 2.35 bits per heavy atom. The number of anilines is 2. The van der Waals surface area contributed by atoms with Crippen molar-refractivity contribution in [3.63, 3.8) is 0 Å². The Morgan fingerprint density at radius 2 is 1.78 bits per heavy atom. The van der Waals surface area contributed by atoms with Crippen LogP contribution in [0.25, 0.3) is 0 Å². The molecule has 23 heavy (non-hydrogen) atoms. The molecule has 0 radical (unpaired) electrons. The summed E-state index contributed by atoms with van der Waals surface area (Å²) in [6.45, 7) is 3.95. The maximum Gasteiger partial charge on any atom is 0.293 e. The maximum atomic E-state index is 12.3. The van der Waals surface area contributed by atoms with E-state index in [9.17, 15) is 14.9 Å². The quantitative estimate of drug-likeness (QED) is 0.692. The molecule has 0 spiro atoms. The molecule has 0 heterocycles. The molecular formula is C17H19N3O3. The van der Waals surface area contributed by atoms with E-state index in [2.05, 4.69) is 5.32 Å². The molecule has 0 fully saturated rings. The number of benzene rings is 2. The summed E-state index contributed by atoms with van der Waals surface area (Å²) >= 11 is 0. The van der Waals surface area contributed by atoms with Gasteiger partial charge in [-0.1, -0.05) is 6.07 Å². The van der Waals surface area contributed by atoms with Gasteiger partial charge in [-0.3, -0.25) is 14.9 Å². The minimum Gasteiger partial charge on any atom is -0.372 e. The SMILES string of the molecule is Cc1ccc(NC(=O)c2ccc(N(C)C)c([N+](=O)[O-])c2)cc1C. The average molecular weight is 313 g/mol. The van der Waals surface area contributed by atoms with Crippen molar-refractivity contribution in [2.45, 2.75) is 13.8 Å². The smallest absolute Gasteiger partial charge is 0.293 e. The second kappa shape index (κ2) is 6.48. The van der Waals surface area contributed by atoms with Crippen LogP contribution in [0.15, 0.2) is 36.4 Å². The molecule has 0 unspecified atom stereocenters. The first-order valence-electron chi connectivity index (χ1n) is 7.14. The topological polar surface area (TPSA) is 75.5 Å². The van der Waals surface area contributed by atoms with Crippen LogP contribution in [0.1, 0.15) is 21.5 Å². The number of hydrogen-bond acceptors (Lipinski definition) is 4. The zero-order valence-corrected chi connectivity index (χ0v) is 13.6. The summed E-state index contributed by atoms with van der Waals surface area (Å²) in [5, 5.41) is 14.0. The fraction of sp³-hybridized carbons (Fsp3) is 0.235. The molecule has 6 nitrogen and oxygen atoms in total. The van der Waals surface area contributed by atoms with E-state index in [-0.39, 0.29) is 17.2 Å². The minimum absolute atomic E-state index is 0.0947. The highest BCUT2D eigenvalue weighted by Crippen LogP contribution is 2.28. The van der Waals surface area contributed by atoms with Gasteiger partial charge in [0.15, 0.2) is 0 Å². The first-order chi connectivity index (χ1) is 10.8. The standard InChI is InChI=1S/C17H19N3O3/c1-11-5-7-14(9-12(11)2)18-17(21)13-6-8-15(19(3)4)16(10-13)20(22)23/h5-10H,1-4H3,(H,18,21). The maximum absolute atomic E-state index is 12.3. The Bertz CT molecular complexity index is 770. The molecule has 0 aliphatic heterocycles. The van der Waals surface area contributed by atoms with Crippen LogP contribution in [0.2, 0.25) is 0 Å². The lowest BCUT2D eigenvalue weighted by Gasteiger charge is -2.13. The van der Waals surface area contributed by atoms with E-state index in [0.717, 1.165) is 11.1 Å². The fourth-order valence-electron chi connectivity index (χ4n) is 2.21.